The quantitative estimate of drug-likeness (QED) is 0.488. The first-order valence-electron chi connectivity index (χ1n) is 9.54. The fraction of sp³-hybridized carbons (Fsp3) is 0.250. The van der Waals surface area contributed by atoms with Crippen LogP contribution < -0.4 is 14.8 Å². The summed E-state index contributed by atoms with van der Waals surface area (Å²) in [5.41, 5.74) is 4.53. The minimum atomic E-state index is 0.398. The van der Waals surface area contributed by atoms with E-state index in [0.717, 1.165) is 29.2 Å². The standard InChI is InChI=1S/C24H26ClNO2/c1-3-27-23-10-6-8-20(16-26-15-19-13-11-18(2)12-14-19)24(23)28-17-21-7-4-5-9-22(21)25/h4-14,26H,3,15-17H2,1-2H3. The molecule has 28 heavy (non-hydrogen) atoms. The Morgan fingerprint density at radius 1 is 0.821 bits per heavy atom. The van der Waals surface area contributed by atoms with Gasteiger partial charge in [0.25, 0.3) is 0 Å². The Morgan fingerprint density at radius 2 is 1.57 bits per heavy atom. The van der Waals surface area contributed by atoms with Crippen LogP contribution in [0.15, 0.2) is 66.7 Å². The van der Waals surface area contributed by atoms with Gasteiger partial charge < -0.3 is 14.8 Å². The summed E-state index contributed by atoms with van der Waals surface area (Å²) in [6.07, 6.45) is 0. The largest absolute Gasteiger partial charge is 0.490 e. The lowest BCUT2D eigenvalue weighted by molar-refractivity contribution is 0.266. The van der Waals surface area contributed by atoms with Crippen molar-refractivity contribution in [3.05, 3.63) is 94.0 Å². The number of hydrogen-bond acceptors (Lipinski definition) is 3. The highest BCUT2D eigenvalue weighted by Gasteiger charge is 2.12. The van der Waals surface area contributed by atoms with E-state index in [4.69, 9.17) is 21.1 Å². The molecule has 0 spiro atoms. The van der Waals surface area contributed by atoms with Gasteiger partial charge >= 0.3 is 0 Å². The molecular formula is C24H26ClNO2. The van der Waals surface area contributed by atoms with Gasteiger partial charge in [-0.15, -0.1) is 0 Å². The highest BCUT2D eigenvalue weighted by Crippen LogP contribution is 2.32. The fourth-order valence-electron chi connectivity index (χ4n) is 2.95. The van der Waals surface area contributed by atoms with Gasteiger partial charge in [0.05, 0.1) is 6.61 Å². The predicted molar refractivity (Wildman–Crippen MR) is 115 cm³/mol. The van der Waals surface area contributed by atoms with Crippen LogP contribution in [0.1, 0.15) is 29.2 Å². The summed E-state index contributed by atoms with van der Waals surface area (Å²) in [4.78, 5) is 0. The average molecular weight is 396 g/mol. The van der Waals surface area contributed by atoms with E-state index in [9.17, 15) is 0 Å². The van der Waals surface area contributed by atoms with Crippen molar-refractivity contribution >= 4 is 11.6 Å². The normalized spacial score (nSPS) is 10.7. The van der Waals surface area contributed by atoms with Gasteiger partial charge in [-0.05, 0) is 31.5 Å². The van der Waals surface area contributed by atoms with E-state index in [1.54, 1.807) is 0 Å². The summed E-state index contributed by atoms with van der Waals surface area (Å²) in [5, 5.41) is 4.20. The van der Waals surface area contributed by atoms with Crippen LogP contribution >= 0.6 is 11.6 Å². The monoisotopic (exact) mass is 395 g/mol. The number of para-hydroxylation sites is 1. The van der Waals surface area contributed by atoms with Crippen LogP contribution in [-0.2, 0) is 19.7 Å². The molecule has 3 aromatic carbocycles. The lowest BCUT2D eigenvalue weighted by atomic mass is 10.1. The Bertz CT molecular complexity index is 893. The van der Waals surface area contributed by atoms with Gasteiger partial charge in [0.2, 0.25) is 0 Å². The zero-order valence-electron chi connectivity index (χ0n) is 16.4. The first-order chi connectivity index (χ1) is 13.7. The number of rotatable bonds is 9. The number of nitrogens with one attached hydrogen (secondary N) is 1. The van der Waals surface area contributed by atoms with E-state index in [1.165, 1.54) is 11.1 Å². The van der Waals surface area contributed by atoms with Crippen LogP contribution in [0.2, 0.25) is 5.02 Å². The van der Waals surface area contributed by atoms with Crippen LogP contribution in [0.4, 0.5) is 0 Å². The molecule has 0 aromatic heterocycles. The van der Waals surface area contributed by atoms with Gasteiger partial charge in [-0.25, -0.2) is 0 Å². The topological polar surface area (TPSA) is 30.5 Å². The summed E-state index contributed by atoms with van der Waals surface area (Å²) in [7, 11) is 0. The molecule has 0 aliphatic heterocycles. The van der Waals surface area contributed by atoms with Crippen molar-refractivity contribution in [3.63, 3.8) is 0 Å². The first-order valence-corrected chi connectivity index (χ1v) is 9.92. The SMILES string of the molecule is CCOc1cccc(CNCc2ccc(C)cc2)c1OCc1ccccc1Cl. The van der Waals surface area contributed by atoms with E-state index in [-0.39, 0.29) is 0 Å². The van der Waals surface area contributed by atoms with Crippen molar-refractivity contribution in [2.24, 2.45) is 0 Å². The molecule has 3 nitrogen and oxygen atoms in total. The van der Waals surface area contributed by atoms with Crippen molar-refractivity contribution in [1.29, 1.82) is 0 Å². The average Bonchev–Trinajstić information content (AvgIpc) is 2.70. The van der Waals surface area contributed by atoms with Gasteiger partial charge in [0, 0.05) is 29.2 Å². The second-order valence-corrected chi connectivity index (χ2v) is 7.05. The molecule has 0 saturated carbocycles. The molecule has 0 heterocycles. The Hall–Kier alpha value is -2.49. The van der Waals surface area contributed by atoms with E-state index in [2.05, 4.69) is 42.6 Å². The molecule has 3 aromatic rings. The highest BCUT2D eigenvalue weighted by atomic mass is 35.5. The molecule has 0 bridgehead atoms. The summed E-state index contributed by atoms with van der Waals surface area (Å²) < 4.78 is 11.9. The van der Waals surface area contributed by atoms with Crippen molar-refractivity contribution in [1.82, 2.24) is 5.32 Å². The maximum absolute atomic E-state index is 6.27. The molecule has 0 unspecified atom stereocenters. The molecule has 0 atom stereocenters. The van der Waals surface area contributed by atoms with Crippen molar-refractivity contribution in [2.45, 2.75) is 33.5 Å². The maximum atomic E-state index is 6.27. The van der Waals surface area contributed by atoms with Crippen LogP contribution in [0.5, 0.6) is 11.5 Å². The Morgan fingerprint density at radius 3 is 2.32 bits per heavy atom. The van der Waals surface area contributed by atoms with Gasteiger partial charge in [-0.3, -0.25) is 0 Å². The highest BCUT2D eigenvalue weighted by molar-refractivity contribution is 6.31. The molecule has 0 radical (unpaired) electrons. The molecule has 0 aliphatic rings. The maximum Gasteiger partial charge on any atom is 0.166 e. The minimum Gasteiger partial charge on any atom is -0.490 e. The molecule has 0 saturated heterocycles. The van der Waals surface area contributed by atoms with Crippen molar-refractivity contribution in [3.8, 4) is 11.5 Å². The number of benzene rings is 3. The van der Waals surface area contributed by atoms with Crippen LogP contribution in [0, 0.1) is 6.92 Å². The van der Waals surface area contributed by atoms with Crippen molar-refractivity contribution in [2.75, 3.05) is 6.61 Å². The molecule has 0 aliphatic carbocycles. The van der Waals surface area contributed by atoms with Gasteiger partial charge in [-0.2, -0.15) is 0 Å². The number of aryl methyl sites for hydroxylation is 1. The molecule has 4 heteroatoms. The van der Waals surface area contributed by atoms with Crippen LogP contribution in [-0.4, -0.2) is 6.61 Å². The van der Waals surface area contributed by atoms with E-state index in [1.807, 2.05) is 43.3 Å². The molecule has 0 fully saturated rings. The smallest absolute Gasteiger partial charge is 0.166 e. The zero-order valence-corrected chi connectivity index (χ0v) is 17.1. The van der Waals surface area contributed by atoms with E-state index in [0.29, 0.717) is 24.8 Å². The Balaban J connectivity index is 1.71. The predicted octanol–water partition coefficient (Wildman–Crippen LogP) is 5.92. The lowest BCUT2D eigenvalue weighted by Crippen LogP contribution is -2.14. The summed E-state index contributed by atoms with van der Waals surface area (Å²) in [5.74, 6) is 1.52. The lowest BCUT2D eigenvalue weighted by Gasteiger charge is -2.17. The van der Waals surface area contributed by atoms with E-state index < -0.39 is 0 Å². The summed E-state index contributed by atoms with van der Waals surface area (Å²) >= 11 is 6.27. The zero-order chi connectivity index (χ0) is 19.8. The van der Waals surface area contributed by atoms with Crippen LogP contribution in [0.25, 0.3) is 0 Å². The first kappa shape index (κ1) is 20.2. The van der Waals surface area contributed by atoms with Gasteiger partial charge in [0.15, 0.2) is 11.5 Å². The van der Waals surface area contributed by atoms with Crippen LogP contribution in [0.3, 0.4) is 0 Å². The third-order valence-corrected chi connectivity index (χ3v) is 4.82. The second-order valence-electron chi connectivity index (χ2n) is 6.65. The summed E-state index contributed by atoms with van der Waals surface area (Å²) in [6, 6.07) is 22.3. The number of halogens is 1. The molecular weight excluding hydrogens is 370 g/mol. The molecule has 146 valence electrons. The Labute approximate surface area is 172 Å². The number of ether oxygens (including phenoxy) is 2. The van der Waals surface area contributed by atoms with E-state index >= 15 is 0 Å². The fourth-order valence-corrected chi connectivity index (χ4v) is 3.14. The Kier molecular flexibility index (Phi) is 7.35. The minimum absolute atomic E-state index is 0.398. The third kappa shape index (κ3) is 5.51. The molecule has 1 N–H and O–H groups in total. The number of hydrogen-bond donors (Lipinski definition) is 1. The summed E-state index contributed by atoms with van der Waals surface area (Å²) in [6.45, 7) is 6.53. The third-order valence-electron chi connectivity index (χ3n) is 4.46. The molecule has 0 amide bonds. The van der Waals surface area contributed by atoms with Gasteiger partial charge in [-0.1, -0.05) is 71.8 Å². The second kappa shape index (κ2) is 10.2. The van der Waals surface area contributed by atoms with Gasteiger partial charge in [0.1, 0.15) is 6.61 Å². The molecule has 3 rings (SSSR count). The van der Waals surface area contributed by atoms with Crippen molar-refractivity contribution < 1.29 is 9.47 Å².